The van der Waals surface area contributed by atoms with Crippen molar-refractivity contribution in [1.82, 2.24) is 5.32 Å². The minimum absolute atomic E-state index is 0.0726. The Morgan fingerprint density at radius 2 is 1.80 bits per heavy atom. The lowest BCUT2D eigenvalue weighted by Gasteiger charge is -2.14. The topological polar surface area (TPSA) is 47.6 Å². The van der Waals surface area contributed by atoms with Crippen molar-refractivity contribution in [3.05, 3.63) is 59.2 Å². The van der Waals surface area contributed by atoms with Gasteiger partial charge in [-0.3, -0.25) is 4.79 Å². The fourth-order valence-corrected chi connectivity index (χ4v) is 2.84. The molecule has 2 aromatic carbocycles. The Kier molecular flexibility index (Phi) is 6.87. The molecule has 0 saturated carbocycles. The van der Waals surface area contributed by atoms with Crippen LogP contribution in [0.3, 0.4) is 0 Å². The molecule has 0 bridgehead atoms. The van der Waals surface area contributed by atoms with E-state index in [0.717, 1.165) is 12.0 Å². The van der Waals surface area contributed by atoms with E-state index in [9.17, 15) is 4.79 Å². The van der Waals surface area contributed by atoms with Gasteiger partial charge < -0.3 is 14.8 Å². The zero-order chi connectivity index (χ0) is 18.2. The van der Waals surface area contributed by atoms with Gasteiger partial charge in [-0.15, -0.1) is 0 Å². The predicted molar refractivity (Wildman–Crippen MR) is 100 cm³/mol. The van der Waals surface area contributed by atoms with E-state index in [0.29, 0.717) is 24.5 Å². The van der Waals surface area contributed by atoms with Crippen molar-refractivity contribution in [3.8, 4) is 11.5 Å². The number of ether oxygens (including phenoxy) is 2. The molecule has 1 unspecified atom stereocenters. The zero-order valence-corrected chi connectivity index (χ0v) is 15.5. The van der Waals surface area contributed by atoms with E-state index < -0.39 is 0 Å². The minimum Gasteiger partial charge on any atom is -0.493 e. The van der Waals surface area contributed by atoms with Gasteiger partial charge in [-0.25, -0.2) is 0 Å². The van der Waals surface area contributed by atoms with Gasteiger partial charge in [-0.1, -0.05) is 37.3 Å². The van der Waals surface area contributed by atoms with Crippen molar-refractivity contribution >= 4 is 5.91 Å². The molecule has 0 aliphatic heterocycles. The molecule has 0 aliphatic rings. The van der Waals surface area contributed by atoms with E-state index in [1.807, 2.05) is 37.3 Å². The summed E-state index contributed by atoms with van der Waals surface area (Å²) >= 11 is 0. The number of hydrogen-bond donors (Lipinski definition) is 1. The van der Waals surface area contributed by atoms with Crippen molar-refractivity contribution in [2.75, 3.05) is 20.8 Å². The second-order valence-corrected chi connectivity index (χ2v) is 6.26. The molecule has 2 aromatic rings. The van der Waals surface area contributed by atoms with E-state index in [4.69, 9.17) is 9.47 Å². The highest BCUT2D eigenvalue weighted by atomic mass is 16.5. The third-order valence-electron chi connectivity index (χ3n) is 4.39. The molecule has 4 nitrogen and oxygen atoms in total. The molecular weight excluding hydrogens is 314 g/mol. The van der Waals surface area contributed by atoms with E-state index >= 15 is 0 Å². The van der Waals surface area contributed by atoms with Crippen LogP contribution >= 0.6 is 0 Å². The molecule has 25 heavy (non-hydrogen) atoms. The van der Waals surface area contributed by atoms with Crippen LogP contribution in [-0.2, 0) is 17.6 Å². The molecule has 134 valence electrons. The van der Waals surface area contributed by atoms with Gasteiger partial charge in [0.2, 0.25) is 5.91 Å². The van der Waals surface area contributed by atoms with Crippen molar-refractivity contribution in [2.45, 2.75) is 26.7 Å². The Bertz CT molecular complexity index is 712. The maximum absolute atomic E-state index is 12.3. The molecule has 0 radical (unpaired) electrons. The predicted octanol–water partition coefficient (Wildman–Crippen LogP) is 3.55. The lowest BCUT2D eigenvalue weighted by atomic mass is 9.99. The van der Waals surface area contributed by atoms with Gasteiger partial charge in [0.15, 0.2) is 11.5 Å². The lowest BCUT2D eigenvalue weighted by molar-refractivity contribution is -0.124. The number of aryl methyl sites for hydroxylation is 1. The number of rotatable bonds is 8. The third-order valence-corrected chi connectivity index (χ3v) is 4.39. The summed E-state index contributed by atoms with van der Waals surface area (Å²) in [5.74, 6) is 1.35. The summed E-state index contributed by atoms with van der Waals surface area (Å²) in [6.07, 6.45) is 1.51. The molecule has 1 atom stereocenters. The van der Waals surface area contributed by atoms with Gasteiger partial charge in [0.25, 0.3) is 0 Å². The number of hydrogen-bond acceptors (Lipinski definition) is 3. The number of carbonyl (C=O) groups excluding carboxylic acids is 1. The summed E-state index contributed by atoms with van der Waals surface area (Å²) < 4.78 is 10.6. The zero-order valence-electron chi connectivity index (χ0n) is 15.5. The summed E-state index contributed by atoms with van der Waals surface area (Å²) in [6, 6.07) is 14.0. The fourth-order valence-electron chi connectivity index (χ4n) is 2.84. The fraction of sp³-hybridized carbons (Fsp3) is 0.381. The van der Waals surface area contributed by atoms with Crippen LogP contribution in [0.25, 0.3) is 0 Å². The van der Waals surface area contributed by atoms with Crippen LogP contribution in [0.2, 0.25) is 0 Å². The average Bonchev–Trinajstić information content (AvgIpc) is 2.63. The third kappa shape index (κ3) is 5.24. The monoisotopic (exact) mass is 341 g/mol. The van der Waals surface area contributed by atoms with Gasteiger partial charge >= 0.3 is 0 Å². The molecule has 4 heteroatoms. The molecule has 0 heterocycles. The van der Waals surface area contributed by atoms with Gasteiger partial charge in [0.05, 0.1) is 14.2 Å². The Labute approximate surface area is 150 Å². The molecule has 0 aromatic heterocycles. The van der Waals surface area contributed by atoms with E-state index in [1.165, 1.54) is 11.1 Å². The quantitative estimate of drug-likeness (QED) is 0.799. The van der Waals surface area contributed by atoms with Crippen molar-refractivity contribution in [2.24, 2.45) is 5.92 Å². The molecular formula is C21H27NO3. The second kappa shape index (κ2) is 9.11. The first-order valence-electron chi connectivity index (χ1n) is 8.58. The van der Waals surface area contributed by atoms with Crippen LogP contribution in [0.1, 0.15) is 23.6 Å². The smallest absolute Gasteiger partial charge is 0.223 e. The summed E-state index contributed by atoms with van der Waals surface area (Å²) in [4.78, 5) is 12.3. The average molecular weight is 341 g/mol. The Balaban J connectivity index is 1.87. The van der Waals surface area contributed by atoms with Crippen molar-refractivity contribution in [3.63, 3.8) is 0 Å². The minimum atomic E-state index is -0.102. The highest BCUT2D eigenvalue weighted by Crippen LogP contribution is 2.28. The Morgan fingerprint density at radius 3 is 2.48 bits per heavy atom. The summed E-state index contributed by atoms with van der Waals surface area (Å²) in [5.41, 5.74) is 3.59. The second-order valence-electron chi connectivity index (χ2n) is 6.26. The van der Waals surface area contributed by atoms with Crippen LogP contribution in [0, 0.1) is 12.8 Å². The molecule has 2 rings (SSSR count). The van der Waals surface area contributed by atoms with Crippen LogP contribution in [0.15, 0.2) is 42.5 Å². The Hall–Kier alpha value is -2.49. The standard InChI is InChI=1S/C21H27NO3/c1-15-7-5-6-8-18(15)11-12-22-21(23)16(2)13-17-9-10-19(24-3)20(14-17)25-4/h5-10,14,16H,11-13H2,1-4H3,(H,22,23). The molecule has 0 aliphatic carbocycles. The maximum atomic E-state index is 12.3. The van der Waals surface area contributed by atoms with E-state index in [-0.39, 0.29) is 11.8 Å². The normalized spacial score (nSPS) is 11.7. The largest absolute Gasteiger partial charge is 0.493 e. The van der Waals surface area contributed by atoms with Crippen LogP contribution < -0.4 is 14.8 Å². The molecule has 0 saturated heterocycles. The van der Waals surface area contributed by atoms with Crippen molar-refractivity contribution in [1.29, 1.82) is 0 Å². The van der Waals surface area contributed by atoms with Gasteiger partial charge in [-0.05, 0) is 48.6 Å². The Morgan fingerprint density at radius 1 is 1.08 bits per heavy atom. The summed E-state index contributed by atoms with van der Waals surface area (Å²) in [5, 5.41) is 3.03. The van der Waals surface area contributed by atoms with E-state index in [2.05, 4.69) is 24.4 Å². The first-order valence-corrected chi connectivity index (χ1v) is 8.58. The maximum Gasteiger partial charge on any atom is 0.223 e. The number of carbonyl (C=O) groups is 1. The SMILES string of the molecule is COc1ccc(CC(C)C(=O)NCCc2ccccc2C)cc1OC. The summed E-state index contributed by atoms with van der Waals surface area (Å²) in [6.45, 7) is 4.69. The molecule has 1 N–H and O–H groups in total. The lowest BCUT2D eigenvalue weighted by Crippen LogP contribution is -2.32. The first-order chi connectivity index (χ1) is 12.0. The molecule has 0 fully saturated rings. The first kappa shape index (κ1) is 18.8. The van der Waals surface area contributed by atoms with E-state index in [1.54, 1.807) is 14.2 Å². The summed E-state index contributed by atoms with van der Waals surface area (Å²) in [7, 11) is 3.23. The van der Waals surface area contributed by atoms with Crippen LogP contribution in [0.5, 0.6) is 11.5 Å². The molecule has 0 spiro atoms. The number of nitrogens with one attached hydrogen (secondary N) is 1. The van der Waals surface area contributed by atoms with Gasteiger partial charge in [0.1, 0.15) is 0 Å². The van der Waals surface area contributed by atoms with Gasteiger partial charge in [-0.2, -0.15) is 0 Å². The van der Waals surface area contributed by atoms with Crippen LogP contribution in [-0.4, -0.2) is 26.7 Å². The number of benzene rings is 2. The van der Waals surface area contributed by atoms with Gasteiger partial charge in [0, 0.05) is 12.5 Å². The highest BCUT2D eigenvalue weighted by molar-refractivity contribution is 5.78. The molecule has 1 amide bonds. The van der Waals surface area contributed by atoms with Crippen LogP contribution in [0.4, 0.5) is 0 Å². The van der Waals surface area contributed by atoms with Crippen molar-refractivity contribution < 1.29 is 14.3 Å². The number of methoxy groups -OCH3 is 2. The highest BCUT2D eigenvalue weighted by Gasteiger charge is 2.14. The number of amides is 1.